The molecule has 2 bridgehead atoms. The SMILES string of the molecule is CC.CC.CC1CC2CCC1C2.CC1CCCCC1.[HH]. The normalized spacial score (nSPS) is 32.2. The molecule has 0 aromatic rings. The average molecular weight is 271 g/mol. The summed E-state index contributed by atoms with van der Waals surface area (Å²) in [6.45, 7) is 12.8. The van der Waals surface area contributed by atoms with Gasteiger partial charge >= 0.3 is 0 Å². The molecular formula is C19H42. The lowest BCUT2D eigenvalue weighted by Gasteiger charge is -2.15. The van der Waals surface area contributed by atoms with Crippen molar-refractivity contribution in [3.8, 4) is 0 Å². The van der Waals surface area contributed by atoms with Gasteiger partial charge < -0.3 is 0 Å². The molecule has 3 atom stereocenters. The summed E-state index contributed by atoms with van der Waals surface area (Å²) in [5.41, 5.74) is 0. The lowest BCUT2D eigenvalue weighted by atomic mass is 9.91. The van der Waals surface area contributed by atoms with E-state index in [1.54, 1.807) is 25.7 Å². The summed E-state index contributed by atoms with van der Waals surface area (Å²) >= 11 is 0. The van der Waals surface area contributed by atoms with Crippen LogP contribution in [0.15, 0.2) is 0 Å². The van der Waals surface area contributed by atoms with Crippen molar-refractivity contribution >= 4 is 0 Å². The lowest BCUT2D eigenvalue weighted by Crippen LogP contribution is -2.04. The fraction of sp³-hybridized carbons (Fsp3) is 1.00. The third-order valence-corrected chi connectivity index (χ3v) is 4.99. The highest BCUT2D eigenvalue weighted by molar-refractivity contribution is 4.87. The molecule has 118 valence electrons. The minimum atomic E-state index is 0. The van der Waals surface area contributed by atoms with Crippen molar-refractivity contribution in [3.05, 3.63) is 0 Å². The first kappa shape index (κ1) is 19.0. The Morgan fingerprint density at radius 2 is 1.26 bits per heavy atom. The second kappa shape index (κ2) is 11.8. The molecule has 0 amide bonds. The van der Waals surface area contributed by atoms with Gasteiger partial charge in [-0.25, -0.2) is 0 Å². The van der Waals surface area contributed by atoms with Crippen LogP contribution in [0.2, 0.25) is 0 Å². The van der Waals surface area contributed by atoms with Crippen LogP contribution in [0.1, 0.15) is 101 Å². The van der Waals surface area contributed by atoms with Gasteiger partial charge in [-0.15, -0.1) is 0 Å². The van der Waals surface area contributed by atoms with Crippen molar-refractivity contribution in [3.63, 3.8) is 0 Å². The van der Waals surface area contributed by atoms with Crippen molar-refractivity contribution in [2.24, 2.45) is 23.7 Å². The van der Waals surface area contributed by atoms with E-state index in [1.807, 2.05) is 27.7 Å². The van der Waals surface area contributed by atoms with Gasteiger partial charge in [0.25, 0.3) is 0 Å². The number of hydrogen-bond donors (Lipinski definition) is 0. The molecule has 0 aliphatic heterocycles. The monoisotopic (exact) mass is 270 g/mol. The van der Waals surface area contributed by atoms with E-state index in [0.717, 1.165) is 23.7 Å². The van der Waals surface area contributed by atoms with Gasteiger partial charge in [-0.2, -0.15) is 0 Å². The molecule has 3 rings (SSSR count). The Labute approximate surface area is 125 Å². The minimum absolute atomic E-state index is 0. The second-order valence-electron chi connectivity index (χ2n) is 6.40. The Balaban J connectivity index is 0. The molecule has 0 saturated heterocycles. The lowest BCUT2D eigenvalue weighted by molar-refractivity contribution is 0.360. The number of fused-ring (bicyclic) bond motifs is 2. The number of rotatable bonds is 0. The zero-order valence-corrected chi connectivity index (χ0v) is 14.7. The average Bonchev–Trinajstić information content (AvgIpc) is 3.07. The van der Waals surface area contributed by atoms with E-state index < -0.39 is 0 Å². The third-order valence-electron chi connectivity index (χ3n) is 4.99. The van der Waals surface area contributed by atoms with Gasteiger partial charge in [0.1, 0.15) is 0 Å². The topological polar surface area (TPSA) is 0 Å². The van der Waals surface area contributed by atoms with Gasteiger partial charge in [0, 0.05) is 1.43 Å². The summed E-state index contributed by atoms with van der Waals surface area (Å²) in [6.07, 6.45) is 13.7. The zero-order valence-electron chi connectivity index (χ0n) is 14.7. The predicted octanol–water partition coefficient (Wildman–Crippen LogP) is 7.33. The van der Waals surface area contributed by atoms with Crippen LogP contribution in [0, 0.1) is 23.7 Å². The highest BCUT2D eigenvalue weighted by Crippen LogP contribution is 2.47. The van der Waals surface area contributed by atoms with E-state index in [4.69, 9.17) is 0 Å². The standard InChI is InChI=1S/C8H14.C7H14.2C2H6.H2/c1-6-4-7-2-3-8(6)5-7;1-7-5-3-2-4-6-7;2*1-2;/h6-8H,2-5H2,1H3;7H,2-6H2,1H3;2*1-2H3;1H. The van der Waals surface area contributed by atoms with E-state index in [0.29, 0.717) is 0 Å². The van der Waals surface area contributed by atoms with Gasteiger partial charge in [-0.3, -0.25) is 0 Å². The molecule has 3 fully saturated rings. The first-order valence-corrected chi connectivity index (χ1v) is 9.25. The van der Waals surface area contributed by atoms with E-state index in [9.17, 15) is 0 Å². The molecule has 0 aromatic carbocycles. The fourth-order valence-electron chi connectivity index (χ4n) is 3.87. The Bertz CT molecular complexity index is 182. The Morgan fingerprint density at radius 3 is 1.47 bits per heavy atom. The summed E-state index contributed by atoms with van der Waals surface area (Å²) in [6, 6.07) is 0. The van der Waals surface area contributed by atoms with Crippen molar-refractivity contribution in [1.82, 2.24) is 0 Å². The quantitative estimate of drug-likeness (QED) is 0.432. The molecule has 0 heteroatoms. The molecule has 3 aliphatic rings. The molecule has 3 unspecified atom stereocenters. The van der Waals surface area contributed by atoms with Gasteiger partial charge in [0.15, 0.2) is 0 Å². The van der Waals surface area contributed by atoms with Crippen LogP contribution in [0.25, 0.3) is 0 Å². The Kier molecular flexibility index (Phi) is 11.8. The Hall–Kier alpha value is 0. The summed E-state index contributed by atoms with van der Waals surface area (Å²) in [5, 5.41) is 0. The van der Waals surface area contributed by atoms with Crippen LogP contribution in [0.4, 0.5) is 0 Å². The van der Waals surface area contributed by atoms with E-state index in [-0.39, 0.29) is 1.43 Å². The molecule has 0 nitrogen and oxygen atoms in total. The van der Waals surface area contributed by atoms with Crippen LogP contribution >= 0.6 is 0 Å². The first-order chi connectivity index (χ1) is 9.25. The maximum Gasteiger partial charge on any atom is 0 e. The maximum atomic E-state index is 2.42. The van der Waals surface area contributed by atoms with Crippen molar-refractivity contribution < 1.29 is 1.43 Å². The number of hydrogen-bond acceptors (Lipinski definition) is 0. The molecule has 3 saturated carbocycles. The van der Waals surface area contributed by atoms with Crippen LogP contribution in [0.5, 0.6) is 0 Å². The van der Waals surface area contributed by atoms with Crippen LogP contribution in [-0.4, -0.2) is 0 Å². The van der Waals surface area contributed by atoms with E-state index in [2.05, 4.69) is 13.8 Å². The first-order valence-electron chi connectivity index (χ1n) is 9.25. The van der Waals surface area contributed by atoms with Crippen LogP contribution < -0.4 is 0 Å². The smallest absolute Gasteiger partial charge is 0 e. The molecule has 19 heavy (non-hydrogen) atoms. The maximum absolute atomic E-state index is 2.42. The van der Waals surface area contributed by atoms with E-state index in [1.165, 1.54) is 32.1 Å². The van der Waals surface area contributed by atoms with Gasteiger partial charge in [-0.05, 0) is 42.9 Å². The second-order valence-corrected chi connectivity index (χ2v) is 6.40. The Morgan fingerprint density at radius 1 is 0.684 bits per heavy atom. The molecule has 3 aliphatic carbocycles. The zero-order chi connectivity index (χ0) is 14.7. The van der Waals surface area contributed by atoms with Gasteiger partial charge in [0.05, 0.1) is 0 Å². The van der Waals surface area contributed by atoms with Crippen molar-refractivity contribution in [1.29, 1.82) is 0 Å². The van der Waals surface area contributed by atoms with Crippen molar-refractivity contribution in [2.45, 2.75) is 99.3 Å². The fourth-order valence-corrected chi connectivity index (χ4v) is 3.87. The molecule has 0 aromatic heterocycles. The summed E-state index contributed by atoms with van der Waals surface area (Å²) in [4.78, 5) is 0. The van der Waals surface area contributed by atoms with Crippen LogP contribution in [0.3, 0.4) is 0 Å². The molecular weight excluding hydrogens is 228 g/mol. The molecule has 0 heterocycles. The molecule has 0 radical (unpaired) electrons. The summed E-state index contributed by atoms with van der Waals surface area (Å²) in [5.74, 6) is 4.40. The van der Waals surface area contributed by atoms with E-state index >= 15 is 0 Å². The largest absolute Gasteiger partial charge is 0.0683 e. The van der Waals surface area contributed by atoms with Crippen molar-refractivity contribution in [2.75, 3.05) is 0 Å². The van der Waals surface area contributed by atoms with Gasteiger partial charge in [0.2, 0.25) is 0 Å². The predicted molar refractivity (Wildman–Crippen MR) is 91.7 cm³/mol. The highest BCUT2D eigenvalue weighted by atomic mass is 14.4. The summed E-state index contributed by atoms with van der Waals surface area (Å²) < 4.78 is 0. The molecule has 0 N–H and O–H groups in total. The molecule has 0 spiro atoms. The minimum Gasteiger partial charge on any atom is -0.0683 e. The summed E-state index contributed by atoms with van der Waals surface area (Å²) in [7, 11) is 0. The van der Waals surface area contributed by atoms with Gasteiger partial charge in [-0.1, -0.05) is 80.1 Å². The van der Waals surface area contributed by atoms with Crippen LogP contribution in [-0.2, 0) is 0 Å². The highest BCUT2D eigenvalue weighted by Gasteiger charge is 2.36. The third kappa shape index (κ3) is 7.37.